The van der Waals surface area contributed by atoms with Gasteiger partial charge in [0.25, 0.3) is 0 Å². The molecule has 29 heavy (non-hydrogen) atoms. The van der Waals surface area contributed by atoms with Crippen molar-refractivity contribution in [3.63, 3.8) is 0 Å². The van der Waals surface area contributed by atoms with Crippen LogP contribution in [0.25, 0.3) is 0 Å². The predicted molar refractivity (Wildman–Crippen MR) is 105 cm³/mol. The molecule has 0 bridgehead atoms. The van der Waals surface area contributed by atoms with E-state index >= 15 is 0 Å². The van der Waals surface area contributed by atoms with Crippen molar-refractivity contribution in [3.05, 3.63) is 71.6 Å². The number of allylic oxidation sites excluding steroid dienone is 2. The van der Waals surface area contributed by atoms with E-state index in [1.807, 2.05) is 13.0 Å². The second kappa shape index (κ2) is 7.62. The first-order chi connectivity index (χ1) is 14.0. The van der Waals surface area contributed by atoms with Gasteiger partial charge in [0.1, 0.15) is 11.6 Å². The van der Waals surface area contributed by atoms with E-state index in [2.05, 4.69) is 0 Å². The fourth-order valence-electron chi connectivity index (χ4n) is 3.90. The van der Waals surface area contributed by atoms with Crippen LogP contribution in [0.2, 0.25) is 0 Å². The fraction of sp³-hybridized carbons (Fsp3) is 0.261. The highest BCUT2D eigenvalue weighted by atomic mass is 19.1. The number of hydrogen-bond acceptors (Lipinski definition) is 4. The summed E-state index contributed by atoms with van der Waals surface area (Å²) in [6, 6.07) is 11.9. The highest BCUT2D eigenvalue weighted by molar-refractivity contribution is 6.23. The van der Waals surface area contributed by atoms with Crippen molar-refractivity contribution in [2.75, 3.05) is 11.5 Å². The number of carbonyl (C=O) groups excluding carboxylic acids is 3. The number of carbonyl (C=O) groups is 3. The number of ether oxygens (including phenoxy) is 1. The SMILES string of the molecule is CC1=CC[C@H]2C(=O)N(c3ccccc3OCC(=O)c3ccc(F)cc3)C(=O)[C@H]2C1. The van der Waals surface area contributed by atoms with Gasteiger partial charge in [-0.2, -0.15) is 0 Å². The number of hydrogen-bond donors (Lipinski definition) is 0. The normalized spacial score (nSPS) is 21.0. The molecule has 4 rings (SSSR count). The lowest BCUT2D eigenvalue weighted by Crippen LogP contribution is -2.31. The van der Waals surface area contributed by atoms with Crippen molar-refractivity contribution in [2.45, 2.75) is 19.8 Å². The standard InChI is InChI=1S/C23H20FNO4/c1-14-6-11-17-18(12-14)23(28)25(22(17)27)19-4-2-3-5-21(19)29-13-20(26)15-7-9-16(24)10-8-15/h2-10,17-18H,11-13H2,1H3/t17-,18+/m1/s1. The van der Waals surface area contributed by atoms with E-state index in [0.29, 0.717) is 24.1 Å². The van der Waals surface area contributed by atoms with Gasteiger partial charge in [-0.1, -0.05) is 23.8 Å². The Hall–Kier alpha value is -3.28. The van der Waals surface area contributed by atoms with Crippen LogP contribution in [0.3, 0.4) is 0 Å². The molecule has 0 spiro atoms. The van der Waals surface area contributed by atoms with Gasteiger partial charge in [-0.05, 0) is 56.2 Å². The molecule has 2 aromatic carbocycles. The maximum Gasteiger partial charge on any atom is 0.238 e. The zero-order valence-electron chi connectivity index (χ0n) is 15.9. The molecule has 0 saturated carbocycles. The molecule has 0 aromatic heterocycles. The third-order valence-electron chi connectivity index (χ3n) is 5.45. The van der Waals surface area contributed by atoms with E-state index in [1.54, 1.807) is 24.3 Å². The minimum atomic E-state index is -0.426. The Labute approximate surface area is 167 Å². The number of nitrogens with zero attached hydrogens (tertiary/aromatic N) is 1. The minimum Gasteiger partial charge on any atom is -0.483 e. The molecule has 1 heterocycles. The number of rotatable bonds is 5. The summed E-state index contributed by atoms with van der Waals surface area (Å²) in [5.74, 6) is -1.62. The van der Waals surface area contributed by atoms with Crippen LogP contribution in [0.4, 0.5) is 10.1 Å². The summed E-state index contributed by atoms with van der Waals surface area (Å²) in [5.41, 5.74) is 1.79. The second-order valence-electron chi connectivity index (χ2n) is 7.40. The van der Waals surface area contributed by atoms with Crippen molar-refractivity contribution in [1.82, 2.24) is 0 Å². The van der Waals surface area contributed by atoms with Crippen LogP contribution >= 0.6 is 0 Å². The van der Waals surface area contributed by atoms with E-state index in [-0.39, 0.29) is 41.8 Å². The van der Waals surface area contributed by atoms with Gasteiger partial charge < -0.3 is 4.74 Å². The summed E-state index contributed by atoms with van der Waals surface area (Å²) in [6.07, 6.45) is 3.15. The molecular formula is C23H20FNO4. The quantitative estimate of drug-likeness (QED) is 0.439. The van der Waals surface area contributed by atoms with E-state index < -0.39 is 5.82 Å². The Kier molecular flexibility index (Phi) is 5.01. The monoisotopic (exact) mass is 393 g/mol. The van der Waals surface area contributed by atoms with Crippen LogP contribution in [0.15, 0.2) is 60.2 Å². The smallest absolute Gasteiger partial charge is 0.238 e. The first kappa shape index (κ1) is 19.1. The Balaban J connectivity index is 1.54. The van der Waals surface area contributed by atoms with Crippen LogP contribution in [-0.2, 0) is 9.59 Å². The Bertz CT molecular complexity index is 1010. The van der Waals surface area contributed by atoms with E-state index in [1.165, 1.54) is 29.2 Å². The van der Waals surface area contributed by atoms with Gasteiger partial charge in [-0.25, -0.2) is 9.29 Å². The molecule has 2 aliphatic rings. The van der Waals surface area contributed by atoms with Gasteiger partial charge in [0.15, 0.2) is 12.4 Å². The summed E-state index contributed by atoms with van der Waals surface area (Å²) in [7, 11) is 0. The maximum absolute atomic E-state index is 13.0. The third kappa shape index (κ3) is 3.58. The Morgan fingerprint density at radius 3 is 2.52 bits per heavy atom. The van der Waals surface area contributed by atoms with Crippen molar-refractivity contribution >= 4 is 23.3 Å². The number of halogens is 1. The zero-order valence-corrected chi connectivity index (χ0v) is 15.9. The molecule has 1 saturated heterocycles. The lowest BCUT2D eigenvalue weighted by Gasteiger charge is -2.19. The highest BCUT2D eigenvalue weighted by Gasteiger charge is 2.49. The summed E-state index contributed by atoms with van der Waals surface area (Å²) in [5, 5.41) is 0. The van der Waals surface area contributed by atoms with Crippen molar-refractivity contribution in [3.8, 4) is 5.75 Å². The van der Waals surface area contributed by atoms with Gasteiger partial charge >= 0.3 is 0 Å². The lowest BCUT2D eigenvalue weighted by atomic mass is 9.82. The van der Waals surface area contributed by atoms with Gasteiger partial charge in [0.2, 0.25) is 11.8 Å². The average molecular weight is 393 g/mol. The fourth-order valence-corrected chi connectivity index (χ4v) is 3.90. The van der Waals surface area contributed by atoms with E-state index in [4.69, 9.17) is 4.74 Å². The largest absolute Gasteiger partial charge is 0.483 e. The van der Waals surface area contributed by atoms with Crippen molar-refractivity contribution in [2.24, 2.45) is 11.8 Å². The third-order valence-corrected chi connectivity index (χ3v) is 5.45. The second-order valence-corrected chi connectivity index (χ2v) is 7.40. The van der Waals surface area contributed by atoms with Crippen molar-refractivity contribution < 1.29 is 23.5 Å². The molecule has 0 radical (unpaired) electrons. The maximum atomic E-state index is 13.0. The number of Topliss-reactive ketones (excluding diaryl/α,β-unsaturated/α-hetero) is 1. The molecule has 2 amide bonds. The number of amides is 2. The Morgan fingerprint density at radius 2 is 1.76 bits per heavy atom. The number of fused-ring (bicyclic) bond motifs is 1. The van der Waals surface area contributed by atoms with Crippen LogP contribution in [0.1, 0.15) is 30.1 Å². The average Bonchev–Trinajstić information content (AvgIpc) is 2.96. The van der Waals surface area contributed by atoms with Gasteiger partial charge in [0, 0.05) is 5.56 Å². The number of ketones is 1. The zero-order chi connectivity index (χ0) is 20.5. The van der Waals surface area contributed by atoms with Crippen LogP contribution < -0.4 is 9.64 Å². The minimum absolute atomic E-state index is 0.228. The van der Waals surface area contributed by atoms with Gasteiger partial charge in [-0.3, -0.25) is 14.4 Å². The lowest BCUT2D eigenvalue weighted by molar-refractivity contribution is -0.122. The summed E-state index contributed by atoms with van der Waals surface area (Å²) in [4.78, 5) is 39.4. The summed E-state index contributed by atoms with van der Waals surface area (Å²) >= 11 is 0. The topological polar surface area (TPSA) is 63.7 Å². The molecule has 1 fully saturated rings. The molecule has 148 valence electrons. The van der Waals surface area contributed by atoms with E-state index in [9.17, 15) is 18.8 Å². The number of para-hydroxylation sites is 2. The Morgan fingerprint density at radius 1 is 1.07 bits per heavy atom. The first-order valence-electron chi connectivity index (χ1n) is 9.49. The molecule has 2 atom stereocenters. The summed E-state index contributed by atoms with van der Waals surface area (Å²) < 4.78 is 18.7. The number of anilines is 1. The molecule has 1 aliphatic carbocycles. The van der Waals surface area contributed by atoms with Gasteiger partial charge in [0.05, 0.1) is 17.5 Å². The molecule has 2 aromatic rings. The van der Waals surface area contributed by atoms with Crippen molar-refractivity contribution in [1.29, 1.82) is 0 Å². The molecule has 5 nitrogen and oxygen atoms in total. The molecule has 0 unspecified atom stereocenters. The molecule has 0 N–H and O–H groups in total. The van der Waals surface area contributed by atoms with Crippen LogP contribution in [-0.4, -0.2) is 24.2 Å². The molecular weight excluding hydrogens is 373 g/mol. The van der Waals surface area contributed by atoms with Gasteiger partial charge in [-0.15, -0.1) is 0 Å². The highest BCUT2D eigenvalue weighted by Crippen LogP contribution is 2.42. The number of imide groups is 1. The van der Waals surface area contributed by atoms with Crippen LogP contribution in [0, 0.1) is 17.7 Å². The first-order valence-corrected chi connectivity index (χ1v) is 9.49. The summed E-state index contributed by atoms with van der Waals surface area (Å²) in [6.45, 7) is 1.68. The van der Waals surface area contributed by atoms with Crippen LogP contribution in [0.5, 0.6) is 5.75 Å². The predicted octanol–water partition coefficient (Wildman–Crippen LogP) is 3.93. The van der Waals surface area contributed by atoms with E-state index in [0.717, 1.165) is 5.57 Å². The number of benzene rings is 2. The molecule has 1 aliphatic heterocycles. The molecule has 6 heteroatoms.